The molecule has 2 aromatic rings. The summed E-state index contributed by atoms with van der Waals surface area (Å²) in [6.07, 6.45) is 1.28. The van der Waals surface area contributed by atoms with Crippen LogP contribution in [0.25, 0.3) is 0 Å². The molecule has 2 aromatic heterocycles. The van der Waals surface area contributed by atoms with E-state index in [0.717, 1.165) is 31.0 Å². The first-order chi connectivity index (χ1) is 12.7. The smallest absolute Gasteiger partial charge is 0.274 e. The molecule has 0 radical (unpaired) electrons. The third-order valence-corrected chi connectivity index (χ3v) is 5.93. The van der Waals surface area contributed by atoms with Gasteiger partial charge < -0.3 is 4.98 Å². The minimum atomic E-state index is -0.260. The Morgan fingerprint density at radius 3 is 2.56 bits per heavy atom. The Labute approximate surface area is 164 Å². The topological polar surface area (TPSA) is 78.1 Å². The normalized spacial score (nSPS) is 20.6. The molecule has 3 heterocycles. The molecule has 146 valence electrons. The molecule has 0 saturated carbocycles. The number of aromatic nitrogens is 2. The zero-order chi connectivity index (χ0) is 19.7. The summed E-state index contributed by atoms with van der Waals surface area (Å²) in [4.78, 5) is 34.4. The molecule has 2 N–H and O–H groups in total. The average molecular weight is 389 g/mol. The summed E-state index contributed by atoms with van der Waals surface area (Å²) in [7, 11) is 0. The third kappa shape index (κ3) is 4.47. The Kier molecular flexibility index (Phi) is 5.81. The number of piperidine rings is 1. The van der Waals surface area contributed by atoms with Crippen molar-refractivity contribution >= 4 is 28.2 Å². The summed E-state index contributed by atoms with van der Waals surface area (Å²) in [5, 5.41) is 5.46. The van der Waals surface area contributed by atoms with Crippen molar-refractivity contribution in [1.82, 2.24) is 14.9 Å². The fraction of sp³-hybridized carbons (Fsp3) is 0.550. The first-order valence-corrected chi connectivity index (χ1v) is 10.3. The van der Waals surface area contributed by atoms with E-state index in [0.29, 0.717) is 33.8 Å². The minimum Gasteiger partial charge on any atom is -0.354 e. The fourth-order valence-corrected chi connectivity index (χ4v) is 4.95. The largest absolute Gasteiger partial charge is 0.354 e. The van der Waals surface area contributed by atoms with Gasteiger partial charge in [-0.25, -0.2) is 4.98 Å². The highest BCUT2D eigenvalue weighted by atomic mass is 32.1. The molecule has 2 atom stereocenters. The molecule has 7 heteroatoms. The average Bonchev–Trinajstić information content (AvgIpc) is 3.10. The van der Waals surface area contributed by atoms with Crippen molar-refractivity contribution in [3.8, 4) is 0 Å². The van der Waals surface area contributed by atoms with Gasteiger partial charge in [-0.2, -0.15) is 0 Å². The summed E-state index contributed by atoms with van der Waals surface area (Å²) < 4.78 is 0. The SMILES string of the molecule is CC(=O)c1c(C)[nH]c(C(=O)Nc2nc(CN3C[C@H](C)C[C@H](C)C3)cs2)c1C. The number of H-pyrrole nitrogens is 1. The Hall–Kier alpha value is -1.99. The monoisotopic (exact) mass is 388 g/mol. The molecule has 3 rings (SSSR count). The van der Waals surface area contributed by atoms with Crippen molar-refractivity contribution in [2.45, 2.75) is 47.6 Å². The second kappa shape index (κ2) is 7.94. The highest BCUT2D eigenvalue weighted by Crippen LogP contribution is 2.25. The van der Waals surface area contributed by atoms with E-state index >= 15 is 0 Å². The standard InChI is InChI=1S/C20H28N4O2S/c1-11-6-12(2)8-24(7-11)9-16-10-27-20(22-16)23-19(26)18-13(3)17(15(5)25)14(4)21-18/h10-12,21H,6-9H2,1-5H3,(H,22,23,26)/t11-,12+. The molecule has 1 saturated heterocycles. The third-order valence-electron chi connectivity index (χ3n) is 5.12. The van der Waals surface area contributed by atoms with Crippen LogP contribution in [-0.2, 0) is 6.54 Å². The zero-order valence-electron chi connectivity index (χ0n) is 16.7. The number of likely N-dealkylation sites (tertiary alicyclic amines) is 1. The number of nitrogens with one attached hydrogen (secondary N) is 2. The van der Waals surface area contributed by atoms with E-state index in [1.54, 1.807) is 6.92 Å². The number of ketones is 1. The molecule has 1 fully saturated rings. The van der Waals surface area contributed by atoms with Crippen LogP contribution in [0.2, 0.25) is 0 Å². The highest BCUT2D eigenvalue weighted by molar-refractivity contribution is 7.13. The van der Waals surface area contributed by atoms with Gasteiger partial charge in [0.2, 0.25) is 0 Å². The van der Waals surface area contributed by atoms with Crippen LogP contribution in [-0.4, -0.2) is 39.6 Å². The first kappa shape index (κ1) is 19.8. The van der Waals surface area contributed by atoms with Crippen LogP contribution in [0.15, 0.2) is 5.38 Å². The van der Waals surface area contributed by atoms with E-state index in [-0.39, 0.29) is 11.7 Å². The van der Waals surface area contributed by atoms with Crippen molar-refractivity contribution in [3.63, 3.8) is 0 Å². The number of aryl methyl sites for hydroxylation is 1. The predicted octanol–water partition coefficient (Wildman–Crippen LogP) is 4.02. The van der Waals surface area contributed by atoms with Crippen molar-refractivity contribution in [2.24, 2.45) is 11.8 Å². The number of carbonyl (C=O) groups excluding carboxylic acids is 2. The molecule has 1 amide bonds. The lowest BCUT2D eigenvalue weighted by molar-refractivity contribution is 0.101. The maximum absolute atomic E-state index is 12.6. The van der Waals surface area contributed by atoms with Crippen LogP contribution in [0.1, 0.15) is 65.0 Å². The van der Waals surface area contributed by atoms with E-state index in [1.165, 1.54) is 24.7 Å². The molecule has 6 nitrogen and oxygen atoms in total. The number of aromatic amines is 1. The molecule has 27 heavy (non-hydrogen) atoms. The Morgan fingerprint density at radius 1 is 1.30 bits per heavy atom. The van der Waals surface area contributed by atoms with Crippen molar-refractivity contribution < 1.29 is 9.59 Å². The van der Waals surface area contributed by atoms with E-state index in [1.807, 2.05) is 12.3 Å². The Balaban J connectivity index is 1.66. The molecule has 0 unspecified atom stereocenters. The van der Waals surface area contributed by atoms with Gasteiger partial charge in [-0.15, -0.1) is 11.3 Å². The van der Waals surface area contributed by atoms with Crippen molar-refractivity contribution in [2.75, 3.05) is 18.4 Å². The van der Waals surface area contributed by atoms with Crippen LogP contribution in [0, 0.1) is 25.7 Å². The maximum Gasteiger partial charge on any atom is 0.274 e. The van der Waals surface area contributed by atoms with Gasteiger partial charge in [0.25, 0.3) is 5.91 Å². The number of nitrogens with zero attached hydrogens (tertiary/aromatic N) is 2. The number of Topliss-reactive ketones (excluding diaryl/α,β-unsaturated/α-hetero) is 1. The summed E-state index contributed by atoms with van der Waals surface area (Å²) >= 11 is 1.44. The van der Waals surface area contributed by atoms with Crippen molar-refractivity contribution in [3.05, 3.63) is 33.6 Å². The second-order valence-corrected chi connectivity index (χ2v) is 8.78. The molecular weight excluding hydrogens is 360 g/mol. The number of hydrogen-bond donors (Lipinski definition) is 2. The lowest BCUT2D eigenvalue weighted by Crippen LogP contribution is -2.38. The number of amides is 1. The quantitative estimate of drug-likeness (QED) is 0.758. The van der Waals surface area contributed by atoms with Gasteiger partial charge >= 0.3 is 0 Å². The predicted molar refractivity (Wildman–Crippen MR) is 109 cm³/mol. The number of rotatable bonds is 5. The highest BCUT2D eigenvalue weighted by Gasteiger charge is 2.23. The van der Waals surface area contributed by atoms with E-state index in [9.17, 15) is 9.59 Å². The number of anilines is 1. The van der Waals surface area contributed by atoms with Crippen LogP contribution in [0.3, 0.4) is 0 Å². The molecule has 0 aliphatic carbocycles. The summed E-state index contributed by atoms with van der Waals surface area (Å²) in [5.74, 6) is 1.12. The number of carbonyl (C=O) groups is 2. The number of thiazole rings is 1. The van der Waals surface area contributed by atoms with Gasteiger partial charge in [0.05, 0.1) is 5.69 Å². The van der Waals surface area contributed by atoms with Gasteiger partial charge in [-0.3, -0.25) is 19.8 Å². The van der Waals surface area contributed by atoms with Crippen LogP contribution in [0.4, 0.5) is 5.13 Å². The molecule has 0 bridgehead atoms. The lowest BCUT2D eigenvalue weighted by Gasteiger charge is -2.34. The Bertz CT molecular complexity index is 844. The van der Waals surface area contributed by atoms with E-state index in [2.05, 4.69) is 34.0 Å². The summed E-state index contributed by atoms with van der Waals surface area (Å²) in [5.41, 5.74) is 3.41. The molecular formula is C20H28N4O2S. The van der Waals surface area contributed by atoms with Gasteiger partial charge in [0, 0.05) is 36.3 Å². The maximum atomic E-state index is 12.6. The number of hydrogen-bond acceptors (Lipinski definition) is 5. The van der Waals surface area contributed by atoms with Crippen LogP contribution >= 0.6 is 11.3 Å². The first-order valence-electron chi connectivity index (χ1n) is 9.42. The Morgan fingerprint density at radius 2 is 1.96 bits per heavy atom. The van der Waals surface area contributed by atoms with Crippen LogP contribution < -0.4 is 5.32 Å². The van der Waals surface area contributed by atoms with E-state index < -0.39 is 0 Å². The lowest BCUT2D eigenvalue weighted by atomic mass is 9.92. The summed E-state index contributed by atoms with van der Waals surface area (Å²) in [6, 6.07) is 0. The molecule has 1 aliphatic heterocycles. The molecule has 0 aromatic carbocycles. The minimum absolute atomic E-state index is 0.0400. The summed E-state index contributed by atoms with van der Waals surface area (Å²) in [6.45, 7) is 12.7. The van der Waals surface area contributed by atoms with Crippen LogP contribution in [0.5, 0.6) is 0 Å². The molecule has 0 spiro atoms. The van der Waals surface area contributed by atoms with Gasteiger partial charge in [0.15, 0.2) is 10.9 Å². The molecule has 1 aliphatic rings. The van der Waals surface area contributed by atoms with E-state index in [4.69, 9.17) is 0 Å². The fourth-order valence-electron chi connectivity index (χ4n) is 4.25. The van der Waals surface area contributed by atoms with Crippen molar-refractivity contribution in [1.29, 1.82) is 0 Å². The van der Waals surface area contributed by atoms with Gasteiger partial charge in [-0.1, -0.05) is 13.8 Å². The van der Waals surface area contributed by atoms with Gasteiger partial charge in [-0.05, 0) is 44.6 Å². The second-order valence-electron chi connectivity index (χ2n) is 7.92. The zero-order valence-corrected chi connectivity index (χ0v) is 17.5. The van der Waals surface area contributed by atoms with Gasteiger partial charge in [0.1, 0.15) is 5.69 Å².